The molecule has 3 aromatic heterocycles. The van der Waals surface area contributed by atoms with Crippen molar-refractivity contribution in [3.8, 4) is 22.5 Å². The second-order valence-corrected chi connectivity index (χ2v) is 11.6. The molecule has 5 aromatic rings. The highest BCUT2D eigenvalue weighted by Crippen LogP contribution is 2.30. The summed E-state index contributed by atoms with van der Waals surface area (Å²) in [4.78, 5) is 35.6. The summed E-state index contributed by atoms with van der Waals surface area (Å²) in [5.41, 5.74) is 4.91. The predicted octanol–water partition coefficient (Wildman–Crippen LogP) is 5.34. The highest BCUT2D eigenvalue weighted by molar-refractivity contribution is 5.80. The molecule has 1 aliphatic heterocycles. The Kier molecular flexibility index (Phi) is 8.53. The molecule has 11 nitrogen and oxygen atoms in total. The van der Waals surface area contributed by atoms with Gasteiger partial charge in [-0.15, -0.1) is 5.10 Å². The number of aromatic nitrogens is 6. The molecule has 0 spiro atoms. The van der Waals surface area contributed by atoms with Gasteiger partial charge in [0.25, 0.3) is 5.56 Å². The maximum absolute atomic E-state index is 14.2. The number of aryl methyl sites for hydroxylation is 1. The standard InChI is InChI=1S/C33H37N7O4/c1-4-5-12-27-34-29(21(2)3)26(19-28-36-37-32(43-28)39-17-8-9-18-39)31(41)40(27)20-22-13-15-23(16-14-22)24-10-6-7-11-25(24)30-35-33(42)44-38-30/h6-7,10-11,13-16,21H,4-5,8-9,12,17-20H2,1-3H3,(H,35,38,42). The minimum absolute atomic E-state index is 0.0627. The first-order valence-electron chi connectivity index (χ1n) is 15.4. The van der Waals surface area contributed by atoms with E-state index in [1.54, 1.807) is 4.57 Å². The van der Waals surface area contributed by atoms with Gasteiger partial charge < -0.3 is 9.32 Å². The number of hydrogen-bond acceptors (Lipinski definition) is 9. The van der Waals surface area contributed by atoms with Gasteiger partial charge >= 0.3 is 11.8 Å². The fraction of sp³-hybridized carbons (Fsp3) is 0.394. The molecule has 4 heterocycles. The Labute approximate surface area is 255 Å². The zero-order valence-electron chi connectivity index (χ0n) is 25.4. The number of benzene rings is 2. The topological polar surface area (TPSA) is 136 Å². The maximum atomic E-state index is 14.2. The summed E-state index contributed by atoms with van der Waals surface area (Å²) in [6.07, 6.45) is 5.12. The van der Waals surface area contributed by atoms with Gasteiger partial charge in [-0.25, -0.2) is 9.78 Å². The first-order chi connectivity index (χ1) is 21.4. The van der Waals surface area contributed by atoms with E-state index >= 15 is 0 Å². The van der Waals surface area contributed by atoms with Crippen molar-refractivity contribution in [2.75, 3.05) is 18.0 Å². The van der Waals surface area contributed by atoms with Crippen LogP contribution >= 0.6 is 0 Å². The highest BCUT2D eigenvalue weighted by Gasteiger charge is 2.23. The third-order valence-electron chi connectivity index (χ3n) is 8.06. The molecule has 0 atom stereocenters. The molecule has 6 rings (SSSR count). The monoisotopic (exact) mass is 595 g/mol. The van der Waals surface area contributed by atoms with Crippen LogP contribution in [0.3, 0.4) is 0 Å². The Morgan fingerprint density at radius 1 is 0.977 bits per heavy atom. The highest BCUT2D eigenvalue weighted by atomic mass is 16.5. The number of hydrogen-bond donors (Lipinski definition) is 1. The average molecular weight is 596 g/mol. The maximum Gasteiger partial charge on any atom is 0.439 e. The minimum Gasteiger partial charge on any atom is -0.408 e. The van der Waals surface area contributed by atoms with Crippen molar-refractivity contribution in [3.63, 3.8) is 0 Å². The summed E-state index contributed by atoms with van der Waals surface area (Å²) in [6.45, 7) is 8.46. The molecule has 0 amide bonds. The molecule has 1 N–H and O–H groups in total. The van der Waals surface area contributed by atoms with Crippen LogP contribution in [0.15, 0.2) is 67.1 Å². The second kappa shape index (κ2) is 12.8. The van der Waals surface area contributed by atoms with E-state index in [2.05, 4.69) is 46.0 Å². The van der Waals surface area contributed by atoms with Crippen LogP contribution < -0.4 is 16.2 Å². The third kappa shape index (κ3) is 6.13. The molecule has 1 fully saturated rings. The van der Waals surface area contributed by atoms with E-state index in [9.17, 15) is 9.59 Å². The van der Waals surface area contributed by atoms with Crippen molar-refractivity contribution in [3.05, 3.63) is 98.0 Å². The summed E-state index contributed by atoms with van der Waals surface area (Å²) in [7, 11) is 0. The average Bonchev–Trinajstić information content (AvgIpc) is 3.82. The summed E-state index contributed by atoms with van der Waals surface area (Å²) in [5, 5.41) is 12.4. The van der Waals surface area contributed by atoms with Crippen molar-refractivity contribution in [2.45, 2.75) is 71.8 Å². The van der Waals surface area contributed by atoms with Gasteiger partial charge in [0, 0.05) is 30.6 Å². The third-order valence-corrected chi connectivity index (χ3v) is 8.06. The second-order valence-electron chi connectivity index (χ2n) is 11.6. The fourth-order valence-corrected chi connectivity index (χ4v) is 5.75. The molecule has 1 saturated heterocycles. The molecular weight excluding hydrogens is 558 g/mol. The van der Waals surface area contributed by atoms with Crippen molar-refractivity contribution in [1.29, 1.82) is 0 Å². The summed E-state index contributed by atoms with van der Waals surface area (Å²) < 4.78 is 12.5. The normalized spacial score (nSPS) is 13.3. The van der Waals surface area contributed by atoms with Crippen LogP contribution in [-0.2, 0) is 19.4 Å². The first kappa shape index (κ1) is 29.3. The Morgan fingerprint density at radius 2 is 1.73 bits per heavy atom. The van der Waals surface area contributed by atoms with Crippen LogP contribution in [0.2, 0.25) is 0 Å². The fourth-order valence-electron chi connectivity index (χ4n) is 5.75. The summed E-state index contributed by atoms with van der Waals surface area (Å²) >= 11 is 0. The van der Waals surface area contributed by atoms with Gasteiger partial charge in [0.2, 0.25) is 5.89 Å². The lowest BCUT2D eigenvalue weighted by molar-refractivity contribution is 0.388. The van der Waals surface area contributed by atoms with E-state index in [4.69, 9.17) is 13.9 Å². The lowest BCUT2D eigenvalue weighted by Crippen LogP contribution is -2.31. The number of rotatable bonds is 11. The van der Waals surface area contributed by atoms with Crippen molar-refractivity contribution < 1.29 is 8.94 Å². The Morgan fingerprint density at radius 3 is 2.41 bits per heavy atom. The van der Waals surface area contributed by atoms with Gasteiger partial charge in [-0.1, -0.05) is 86.0 Å². The first-order valence-corrected chi connectivity index (χ1v) is 15.4. The Balaban J connectivity index is 1.33. The number of anilines is 1. The van der Waals surface area contributed by atoms with Crippen molar-refractivity contribution >= 4 is 6.01 Å². The van der Waals surface area contributed by atoms with Gasteiger partial charge in [0.1, 0.15) is 5.82 Å². The minimum atomic E-state index is -0.600. The van der Waals surface area contributed by atoms with Crippen molar-refractivity contribution in [1.82, 2.24) is 29.9 Å². The number of nitrogens with zero attached hydrogens (tertiary/aromatic N) is 6. The molecule has 0 saturated carbocycles. The zero-order valence-corrected chi connectivity index (χ0v) is 25.4. The molecule has 0 bridgehead atoms. The number of H-pyrrole nitrogens is 1. The number of nitrogens with one attached hydrogen (secondary N) is 1. The van der Waals surface area contributed by atoms with E-state index in [0.29, 0.717) is 36.3 Å². The predicted molar refractivity (Wildman–Crippen MR) is 167 cm³/mol. The van der Waals surface area contributed by atoms with Crippen LogP contribution in [-0.4, -0.2) is 43.0 Å². The van der Waals surface area contributed by atoms with Gasteiger partial charge in [-0.3, -0.25) is 18.9 Å². The van der Waals surface area contributed by atoms with E-state index < -0.39 is 5.76 Å². The largest absolute Gasteiger partial charge is 0.439 e. The van der Waals surface area contributed by atoms with Crippen LogP contribution in [0, 0.1) is 0 Å². The number of unbranched alkanes of at least 4 members (excludes halogenated alkanes) is 1. The molecular formula is C33H37N7O4. The lowest BCUT2D eigenvalue weighted by Gasteiger charge is -2.19. The molecule has 0 radical (unpaired) electrons. The van der Waals surface area contributed by atoms with Crippen LogP contribution in [0.5, 0.6) is 0 Å². The smallest absolute Gasteiger partial charge is 0.408 e. The van der Waals surface area contributed by atoms with Crippen LogP contribution in [0.1, 0.15) is 80.9 Å². The quantitative estimate of drug-likeness (QED) is 0.214. The molecule has 228 valence electrons. The van der Waals surface area contributed by atoms with E-state index in [-0.39, 0.29) is 17.9 Å². The zero-order chi connectivity index (χ0) is 30.6. The molecule has 0 unspecified atom stereocenters. The van der Waals surface area contributed by atoms with E-state index in [0.717, 1.165) is 72.5 Å². The van der Waals surface area contributed by atoms with Crippen LogP contribution in [0.4, 0.5) is 6.01 Å². The van der Waals surface area contributed by atoms with E-state index in [1.807, 2.05) is 48.5 Å². The van der Waals surface area contributed by atoms with E-state index in [1.165, 1.54) is 0 Å². The Bertz CT molecular complexity index is 1840. The van der Waals surface area contributed by atoms with Crippen LogP contribution in [0.25, 0.3) is 22.5 Å². The molecule has 0 aliphatic carbocycles. The van der Waals surface area contributed by atoms with Crippen molar-refractivity contribution in [2.24, 2.45) is 0 Å². The van der Waals surface area contributed by atoms with Gasteiger partial charge in [0.05, 0.1) is 18.7 Å². The number of aromatic amines is 1. The van der Waals surface area contributed by atoms with Gasteiger partial charge in [-0.2, -0.15) is 0 Å². The summed E-state index contributed by atoms with van der Waals surface area (Å²) in [6, 6.07) is 16.3. The molecule has 11 heteroatoms. The summed E-state index contributed by atoms with van der Waals surface area (Å²) in [5.74, 6) is 1.05. The molecule has 44 heavy (non-hydrogen) atoms. The van der Waals surface area contributed by atoms with Gasteiger partial charge in [-0.05, 0) is 41.9 Å². The SMILES string of the molecule is CCCCc1nc(C(C)C)c(Cc2nnc(N3CCCC3)o2)c(=O)n1Cc1ccc(-c2ccccc2-c2noc(=O)[nH]2)cc1. The Hall–Kier alpha value is -4.80. The lowest BCUT2D eigenvalue weighted by atomic mass is 9.98. The van der Waals surface area contributed by atoms with Gasteiger partial charge in [0.15, 0.2) is 5.82 Å². The molecule has 2 aromatic carbocycles. The molecule has 1 aliphatic rings.